The first kappa shape index (κ1) is 19.5. The number of hydrogen-bond donors (Lipinski definition) is 3. The zero-order valence-electron chi connectivity index (χ0n) is 14.8. The molecule has 1 heterocycles. The molecule has 1 saturated carbocycles. The number of hydrogen-bond acceptors (Lipinski definition) is 3. The zero-order chi connectivity index (χ0) is 20.0. The number of alkyl halides is 3. The maximum atomic E-state index is 13.0. The Morgan fingerprint density at radius 1 is 1.44 bits per heavy atom. The van der Waals surface area contributed by atoms with Crippen molar-refractivity contribution >= 4 is 11.9 Å². The molecule has 0 aromatic heterocycles. The summed E-state index contributed by atoms with van der Waals surface area (Å²) in [6, 6.07) is 5.12. The molecule has 6 nitrogen and oxygen atoms in total. The summed E-state index contributed by atoms with van der Waals surface area (Å²) in [5.41, 5.74) is 4.12. The molecule has 0 spiro atoms. The predicted molar refractivity (Wildman–Crippen MR) is 90.5 cm³/mol. The van der Waals surface area contributed by atoms with Gasteiger partial charge in [0.2, 0.25) is 5.91 Å². The molecule has 1 aliphatic carbocycles. The third-order valence-corrected chi connectivity index (χ3v) is 5.63. The van der Waals surface area contributed by atoms with Gasteiger partial charge in [-0.1, -0.05) is 29.8 Å². The van der Waals surface area contributed by atoms with Crippen LogP contribution in [-0.4, -0.2) is 46.3 Å². The average Bonchev–Trinajstić information content (AvgIpc) is 2.90. The van der Waals surface area contributed by atoms with E-state index < -0.39 is 42.2 Å². The van der Waals surface area contributed by atoms with E-state index in [0.717, 1.165) is 5.56 Å². The lowest BCUT2D eigenvalue weighted by Gasteiger charge is -2.50. The number of urea groups is 1. The largest absolute Gasteiger partial charge is 0.417 e. The van der Waals surface area contributed by atoms with Crippen LogP contribution in [0, 0.1) is 12.8 Å². The predicted octanol–water partition coefficient (Wildman–Crippen LogP) is 2.01. The summed E-state index contributed by atoms with van der Waals surface area (Å²) >= 11 is 0. The fourth-order valence-corrected chi connectivity index (χ4v) is 4.21. The van der Waals surface area contributed by atoms with E-state index in [-0.39, 0.29) is 25.3 Å². The summed E-state index contributed by atoms with van der Waals surface area (Å²) in [5, 5.41) is 12.4. The van der Waals surface area contributed by atoms with E-state index in [1.165, 1.54) is 4.90 Å². The standard InChI is InChI=1S/C18H22F3N3O3/c1-10-3-2-4-11(7-10)13(23-16(22)26)8-15(25)24-6-5-12-14(24)9-17(12,27)18(19,20)21/h2-4,7,12-14,27H,5-6,8-9H2,1H3,(H3,22,23,26)/t12-,13?,14-,17+/m1/s1. The molecule has 0 bridgehead atoms. The first-order chi connectivity index (χ1) is 12.5. The third-order valence-electron chi connectivity index (χ3n) is 5.63. The van der Waals surface area contributed by atoms with E-state index in [2.05, 4.69) is 5.32 Å². The number of primary amides is 1. The highest BCUT2D eigenvalue weighted by atomic mass is 19.4. The van der Waals surface area contributed by atoms with Gasteiger partial charge < -0.3 is 21.1 Å². The number of carbonyl (C=O) groups is 2. The summed E-state index contributed by atoms with van der Waals surface area (Å²) in [6.45, 7) is 2.02. The maximum Gasteiger partial charge on any atom is 0.417 e. The zero-order valence-corrected chi connectivity index (χ0v) is 14.8. The molecule has 1 aromatic rings. The lowest BCUT2D eigenvalue weighted by atomic mass is 9.65. The van der Waals surface area contributed by atoms with Gasteiger partial charge in [0.05, 0.1) is 12.5 Å². The molecule has 1 unspecified atom stereocenters. The molecular weight excluding hydrogens is 363 g/mol. The summed E-state index contributed by atoms with van der Waals surface area (Å²) in [5.74, 6) is -1.37. The van der Waals surface area contributed by atoms with Crippen molar-refractivity contribution in [2.24, 2.45) is 11.7 Å². The van der Waals surface area contributed by atoms with E-state index in [9.17, 15) is 27.9 Å². The third kappa shape index (κ3) is 3.47. The van der Waals surface area contributed by atoms with Crippen molar-refractivity contribution in [2.75, 3.05) is 6.54 Å². The smallest absolute Gasteiger partial charge is 0.380 e. The van der Waals surface area contributed by atoms with Crippen molar-refractivity contribution in [2.45, 2.75) is 50.0 Å². The number of nitrogens with zero attached hydrogens (tertiary/aromatic N) is 1. The van der Waals surface area contributed by atoms with Crippen molar-refractivity contribution in [3.8, 4) is 0 Å². The Kier molecular flexibility index (Phi) is 4.83. The number of nitrogens with two attached hydrogens (primary N) is 1. The van der Waals surface area contributed by atoms with Gasteiger partial charge in [-0.3, -0.25) is 4.79 Å². The highest BCUT2D eigenvalue weighted by molar-refractivity contribution is 5.79. The first-order valence-electron chi connectivity index (χ1n) is 8.74. The number of carbonyl (C=O) groups excluding carboxylic acids is 2. The van der Waals surface area contributed by atoms with Crippen molar-refractivity contribution in [1.82, 2.24) is 10.2 Å². The minimum absolute atomic E-state index is 0.102. The Morgan fingerprint density at radius 3 is 2.74 bits per heavy atom. The molecule has 1 aliphatic heterocycles. The quantitative estimate of drug-likeness (QED) is 0.740. The second kappa shape index (κ2) is 6.70. The van der Waals surface area contributed by atoms with Crippen LogP contribution in [0.5, 0.6) is 0 Å². The SMILES string of the molecule is Cc1cccc(C(CC(=O)N2CC[C@@H]3[C@H]2C[C@@]3(O)C(F)(F)F)NC(N)=O)c1. The number of aliphatic hydroxyl groups is 1. The van der Waals surface area contributed by atoms with E-state index in [1.807, 2.05) is 19.1 Å². The molecule has 0 radical (unpaired) electrons. The van der Waals surface area contributed by atoms with E-state index in [4.69, 9.17) is 5.73 Å². The van der Waals surface area contributed by atoms with E-state index in [1.54, 1.807) is 12.1 Å². The Bertz CT molecular complexity index is 755. The van der Waals surface area contributed by atoms with Crippen LogP contribution in [0.25, 0.3) is 0 Å². The molecule has 27 heavy (non-hydrogen) atoms. The topological polar surface area (TPSA) is 95.7 Å². The number of aryl methyl sites for hydroxylation is 1. The van der Waals surface area contributed by atoms with Crippen molar-refractivity contribution in [3.63, 3.8) is 0 Å². The fourth-order valence-electron chi connectivity index (χ4n) is 4.21. The van der Waals surface area contributed by atoms with Gasteiger partial charge >= 0.3 is 12.2 Å². The van der Waals surface area contributed by atoms with Gasteiger partial charge in [-0.15, -0.1) is 0 Å². The normalized spacial score (nSPS) is 28.3. The monoisotopic (exact) mass is 385 g/mol. The van der Waals surface area contributed by atoms with Gasteiger partial charge in [-0.05, 0) is 18.9 Å². The lowest BCUT2D eigenvalue weighted by molar-refractivity contribution is -0.317. The number of likely N-dealkylation sites (tertiary alicyclic amines) is 1. The Balaban J connectivity index is 1.71. The molecule has 2 fully saturated rings. The summed E-state index contributed by atoms with van der Waals surface area (Å²) in [7, 11) is 0. The van der Waals surface area contributed by atoms with Crippen LogP contribution in [0.1, 0.15) is 36.4 Å². The maximum absolute atomic E-state index is 13.0. The van der Waals surface area contributed by atoms with E-state index >= 15 is 0 Å². The number of fused-ring (bicyclic) bond motifs is 1. The van der Waals surface area contributed by atoms with Crippen molar-refractivity contribution in [1.29, 1.82) is 0 Å². The average molecular weight is 385 g/mol. The van der Waals surface area contributed by atoms with Crippen molar-refractivity contribution < 1.29 is 27.9 Å². The van der Waals surface area contributed by atoms with Crippen molar-refractivity contribution in [3.05, 3.63) is 35.4 Å². The number of amides is 3. The van der Waals surface area contributed by atoms with Crippen LogP contribution in [0.15, 0.2) is 24.3 Å². The van der Waals surface area contributed by atoms with Gasteiger partial charge in [0, 0.05) is 24.9 Å². The van der Waals surface area contributed by atoms with Crippen LogP contribution >= 0.6 is 0 Å². The van der Waals surface area contributed by atoms with Gasteiger partial charge in [-0.2, -0.15) is 13.2 Å². The highest BCUT2D eigenvalue weighted by Crippen LogP contribution is 2.55. The number of halogens is 3. The van der Waals surface area contributed by atoms with Gasteiger partial charge in [0.1, 0.15) is 0 Å². The van der Waals surface area contributed by atoms with Gasteiger partial charge in [-0.25, -0.2) is 4.79 Å². The molecule has 3 amide bonds. The van der Waals surface area contributed by atoms with Gasteiger partial charge in [0.25, 0.3) is 0 Å². The molecule has 3 rings (SSSR count). The summed E-state index contributed by atoms with van der Waals surface area (Å²) in [6.07, 6.45) is -5.22. The van der Waals surface area contributed by atoms with Crippen LogP contribution < -0.4 is 11.1 Å². The number of benzene rings is 1. The van der Waals surface area contributed by atoms with E-state index in [0.29, 0.717) is 5.56 Å². The van der Waals surface area contributed by atoms with Crippen LogP contribution in [0.3, 0.4) is 0 Å². The minimum Gasteiger partial charge on any atom is -0.380 e. The Morgan fingerprint density at radius 2 is 2.15 bits per heavy atom. The lowest BCUT2D eigenvalue weighted by Crippen LogP contribution is -2.66. The Hall–Kier alpha value is -2.29. The molecule has 148 valence electrons. The molecular formula is C18H22F3N3O3. The Labute approximate surface area is 154 Å². The number of nitrogens with one attached hydrogen (secondary N) is 1. The highest BCUT2D eigenvalue weighted by Gasteiger charge is 2.70. The van der Waals surface area contributed by atoms with Crippen LogP contribution in [0.4, 0.5) is 18.0 Å². The molecule has 1 saturated heterocycles. The second-order valence-corrected chi connectivity index (χ2v) is 7.36. The molecule has 1 aromatic carbocycles. The summed E-state index contributed by atoms with van der Waals surface area (Å²) < 4.78 is 39.1. The van der Waals surface area contributed by atoms with Gasteiger partial charge in [0.15, 0.2) is 5.60 Å². The number of rotatable bonds is 4. The summed E-state index contributed by atoms with van der Waals surface area (Å²) in [4.78, 5) is 25.4. The molecule has 4 N–H and O–H groups in total. The fraction of sp³-hybridized carbons (Fsp3) is 0.556. The first-order valence-corrected chi connectivity index (χ1v) is 8.74. The molecule has 4 atom stereocenters. The molecule has 2 aliphatic rings. The second-order valence-electron chi connectivity index (χ2n) is 7.36. The van der Waals surface area contributed by atoms with Crippen LogP contribution in [0.2, 0.25) is 0 Å². The molecule has 9 heteroatoms. The minimum atomic E-state index is -4.70. The van der Waals surface area contributed by atoms with Crippen LogP contribution in [-0.2, 0) is 4.79 Å².